The third-order valence-electron chi connectivity index (χ3n) is 3.97. The summed E-state index contributed by atoms with van der Waals surface area (Å²) in [7, 11) is 0. The Morgan fingerprint density at radius 2 is 2.37 bits per heavy atom. The molecule has 2 rings (SSSR count). The Hall–Kier alpha value is -0.260. The predicted octanol–water partition coefficient (Wildman–Crippen LogP) is 1.63. The lowest BCUT2D eigenvalue weighted by Crippen LogP contribution is -2.51. The van der Waals surface area contributed by atoms with E-state index < -0.39 is 0 Å². The quantitative estimate of drug-likeness (QED) is 0.806. The molecular formula is C14H26N2O2S. The third kappa shape index (κ3) is 4.10. The number of rotatable bonds is 6. The number of carbonyl (C=O) groups is 1. The first-order valence-electron chi connectivity index (χ1n) is 7.47. The van der Waals surface area contributed by atoms with Crippen molar-refractivity contribution >= 4 is 17.7 Å². The highest BCUT2D eigenvalue weighted by molar-refractivity contribution is 7.99. The molecular weight excluding hydrogens is 260 g/mol. The van der Waals surface area contributed by atoms with Gasteiger partial charge in [0.05, 0.1) is 12.1 Å². The zero-order chi connectivity index (χ0) is 13.7. The summed E-state index contributed by atoms with van der Waals surface area (Å²) in [6.45, 7) is 3.65. The first-order chi connectivity index (χ1) is 9.22. The summed E-state index contributed by atoms with van der Waals surface area (Å²) in [5.74, 6) is 2.34. The Kier molecular flexibility index (Phi) is 5.98. The van der Waals surface area contributed by atoms with Crippen LogP contribution >= 0.6 is 11.8 Å². The molecule has 2 heterocycles. The Morgan fingerprint density at radius 1 is 1.53 bits per heavy atom. The fraction of sp³-hybridized carbons (Fsp3) is 0.929. The number of hydrogen-bond donors (Lipinski definition) is 1. The molecule has 1 amide bonds. The van der Waals surface area contributed by atoms with Crippen molar-refractivity contribution in [3.8, 4) is 0 Å². The molecule has 2 N–H and O–H groups in total. The number of nitrogens with two attached hydrogens (primary N) is 1. The van der Waals surface area contributed by atoms with Crippen molar-refractivity contribution in [3.05, 3.63) is 0 Å². The van der Waals surface area contributed by atoms with E-state index in [0.717, 1.165) is 56.8 Å². The molecule has 19 heavy (non-hydrogen) atoms. The van der Waals surface area contributed by atoms with E-state index in [9.17, 15) is 4.79 Å². The first-order valence-corrected chi connectivity index (χ1v) is 8.63. The van der Waals surface area contributed by atoms with Crippen LogP contribution in [0.4, 0.5) is 0 Å². The average molecular weight is 286 g/mol. The molecule has 0 aromatic carbocycles. The maximum Gasteiger partial charge on any atom is 0.239 e. The summed E-state index contributed by atoms with van der Waals surface area (Å²) in [5, 5.41) is 0. The molecule has 0 aromatic rings. The Bertz CT molecular complexity index is 289. The van der Waals surface area contributed by atoms with E-state index in [1.165, 1.54) is 0 Å². The van der Waals surface area contributed by atoms with E-state index in [1.807, 2.05) is 16.7 Å². The number of nitrogens with zero attached hydrogens (tertiary/aromatic N) is 1. The van der Waals surface area contributed by atoms with Gasteiger partial charge in [0.15, 0.2) is 0 Å². The zero-order valence-corrected chi connectivity index (χ0v) is 12.7. The van der Waals surface area contributed by atoms with Crippen LogP contribution in [-0.2, 0) is 9.53 Å². The maximum absolute atomic E-state index is 12.5. The molecule has 3 atom stereocenters. The van der Waals surface area contributed by atoms with E-state index in [1.54, 1.807) is 0 Å². The SMILES string of the molecule is CCC[C@H](N)C(=O)N(CC1CCCO1)C1CCSC1. The molecule has 110 valence electrons. The minimum atomic E-state index is -0.336. The topological polar surface area (TPSA) is 55.6 Å². The molecule has 2 saturated heterocycles. The van der Waals surface area contributed by atoms with E-state index in [2.05, 4.69) is 6.92 Å². The van der Waals surface area contributed by atoms with E-state index in [0.29, 0.717) is 6.04 Å². The van der Waals surface area contributed by atoms with E-state index >= 15 is 0 Å². The molecule has 0 saturated carbocycles. The van der Waals surface area contributed by atoms with Crippen LogP contribution in [0.15, 0.2) is 0 Å². The molecule has 5 heteroatoms. The van der Waals surface area contributed by atoms with Gasteiger partial charge < -0.3 is 15.4 Å². The van der Waals surface area contributed by atoms with Gasteiger partial charge in [0.1, 0.15) is 0 Å². The van der Waals surface area contributed by atoms with Crippen molar-refractivity contribution in [1.29, 1.82) is 0 Å². The fourth-order valence-electron chi connectivity index (χ4n) is 2.84. The van der Waals surface area contributed by atoms with Gasteiger partial charge in [0, 0.05) is 24.9 Å². The second-order valence-electron chi connectivity index (χ2n) is 5.54. The molecule has 0 aliphatic carbocycles. The van der Waals surface area contributed by atoms with Crippen LogP contribution in [0.1, 0.15) is 39.0 Å². The van der Waals surface area contributed by atoms with Crippen LogP contribution in [-0.4, -0.2) is 53.7 Å². The van der Waals surface area contributed by atoms with Gasteiger partial charge in [0.25, 0.3) is 0 Å². The lowest BCUT2D eigenvalue weighted by atomic mass is 10.1. The smallest absolute Gasteiger partial charge is 0.239 e. The molecule has 0 aromatic heterocycles. The fourth-order valence-corrected chi connectivity index (χ4v) is 4.07. The average Bonchev–Trinajstić information content (AvgIpc) is 3.08. The van der Waals surface area contributed by atoms with Crippen molar-refractivity contribution in [2.45, 2.75) is 57.2 Å². The van der Waals surface area contributed by atoms with Crippen LogP contribution < -0.4 is 5.73 Å². The normalized spacial score (nSPS) is 28.5. The van der Waals surface area contributed by atoms with Crippen LogP contribution in [0.25, 0.3) is 0 Å². The van der Waals surface area contributed by atoms with Gasteiger partial charge in [-0.3, -0.25) is 4.79 Å². The number of carbonyl (C=O) groups excluding carboxylic acids is 1. The van der Waals surface area contributed by atoms with Gasteiger partial charge in [-0.25, -0.2) is 0 Å². The molecule has 2 aliphatic rings. The predicted molar refractivity (Wildman–Crippen MR) is 79.3 cm³/mol. The molecule has 0 spiro atoms. The Balaban J connectivity index is 1.97. The molecule has 0 bridgehead atoms. The van der Waals surface area contributed by atoms with E-state index in [-0.39, 0.29) is 18.1 Å². The van der Waals surface area contributed by atoms with Gasteiger partial charge in [-0.2, -0.15) is 11.8 Å². The van der Waals surface area contributed by atoms with Crippen molar-refractivity contribution < 1.29 is 9.53 Å². The van der Waals surface area contributed by atoms with Gasteiger partial charge in [-0.1, -0.05) is 13.3 Å². The molecule has 2 fully saturated rings. The highest BCUT2D eigenvalue weighted by Crippen LogP contribution is 2.25. The van der Waals surface area contributed by atoms with Crippen LogP contribution in [0.3, 0.4) is 0 Å². The maximum atomic E-state index is 12.5. The van der Waals surface area contributed by atoms with Gasteiger partial charge in [-0.15, -0.1) is 0 Å². The summed E-state index contributed by atoms with van der Waals surface area (Å²) >= 11 is 1.94. The van der Waals surface area contributed by atoms with E-state index in [4.69, 9.17) is 10.5 Å². The third-order valence-corrected chi connectivity index (χ3v) is 5.12. The minimum Gasteiger partial charge on any atom is -0.376 e. The monoisotopic (exact) mass is 286 g/mol. The summed E-state index contributed by atoms with van der Waals surface area (Å²) < 4.78 is 5.69. The van der Waals surface area contributed by atoms with Crippen molar-refractivity contribution in [2.75, 3.05) is 24.7 Å². The zero-order valence-electron chi connectivity index (χ0n) is 11.8. The second-order valence-corrected chi connectivity index (χ2v) is 6.69. The van der Waals surface area contributed by atoms with Crippen LogP contribution in [0, 0.1) is 0 Å². The molecule has 0 radical (unpaired) electrons. The minimum absolute atomic E-state index is 0.129. The molecule has 2 aliphatic heterocycles. The van der Waals surface area contributed by atoms with Crippen molar-refractivity contribution in [1.82, 2.24) is 4.90 Å². The second kappa shape index (κ2) is 7.50. The van der Waals surface area contributed by atoms with Crippen LogP contribution in [0.2, 0.25) is 0 Å². The highest BCUT2D eigenvalue weighted by atomic mass is 32.2. The number of hydrogen-bond acceptors (Lipinski definition) is 4. The highest BCUT2D eigenvalue weighted by Gasteiger charge is 2.32. The molecule has 2 unspecified atom stereocenters. The summed E-state index contributed by atoms with van der Waals surface area (Å²) in [6.07, 6.45) is 5.26. The number of amides is 1. The van der Waals surface area contributed by atoms with Crippen LogP contribution in [0.5, 0.6) is 0 Å². The summed E-state index contributed by atoms with van der Waals surface area (Å²) in [4.78, 5) is 14.6. The van der Waals surface area contributed by atoms with Gasteiger partial charge in [-0.05, 0) is 31.4 Å². The standard InChI is InChI=1S/C14H26N2O2S/c1-2-4-13(15)14(17)16(11-6-8-19-10-11)9-12-5-3-7-18-12/h11-13H,2-10,15H2,1H3/t11?,12?,13-/m0/s1. The number of ether oxygens (including phenoxy) is 1. The molecule has 4 nitrogen and oxygen atoms in total. The Labute approximate surface area is 120 Å². The first kappa shape index (κ1) is 15.1. The lowest BCUT2D eigenvalue weighted by Gasteiger charge is -2.32. The lowest BCUT2D eigenvalue weighted by molar-refractivity contribution is -0.136. The van der Waals surface area contributed by atoms with Gasteiger partial charge >= 0.3 is 0 Å². The van der Waals surface area contributed by atoms with Crippen molar-refractivity contribution in [2.24, 2.45) is 5.73 Å². The Morgan fingerprint density at radius 3 is 2.95 bits per heavy atom. The number of thioether (sulfide) groups is 1. The summed E-state index contributed by atoms with van der Waals surface area (Å²) in [5.41, 5.74) is 6.03. The van der Waals surface area contributed by atoms with Gasteiger partial charge in [0.2, 0.25) is 5.91 Å². The summed E-state index contributed by atoms with van der Waals surface area (Å²) in [6, 6.07) is 0.0293. The van der Waals surface area contributed by atoms with Crippen molar-refractivity contribution in [3.63, 3.8) is 0 Å². The largest absolute Gasteiger partial charge is 0.376 e.